The van der Waals surface area contributed by atoms with Gasteiger partial charge in [0.15, 0.2) is 0 Å². The van der Waals surface area contributed by atoms with Crippen molar-refractivity contribution in [1.29, 1.82) is 0 Å². The van der Waals surface area contributed by atoms with Gasteiger partial charge in [0.2, 0.25) is 5.91 Å². The van der Waals surface area contributed by atoms with Crippen LogP contribution in [0.15, 0.2) is 28.7 Å². The normalized spacial score (nSPS) is 18.9. The first-order valence-corrected chi connectivity index (χ1v) is 7.46. The van der Waals surface area contributed by atoms with Gasteiger partial charge in [-0.1, -0.05) is 15.9 Å². The highest BCUT2D eigenvalue weighted by molar-refractivity contribution is 9.10. The monoisotopic (exact) mass is 340 g/mol. The van der Waals surface area contributed by atoms with Gasteiger partial charge in [0.25, 0.3) is 0 Å². The van der Waals surface area contributed by atoms with E-state index < -0.39 is 0 Å². The van der Waals surface area contributed by atoms with Crippen LogP contribution < -0.4 is 5.32 Å². The van der Waals surface area contributed by atoms with Gasteiger partial charge in [-0.05, 0) is 50.2 Å². The van der Waals surface area contributed by atoms with E-state index in [0.29, 0.717) is 11.5 Å². The fourth-order valence-corrected chi connectivity index (χ4v) is 2.78. The van der Waals surface area contributed by atoms with Crippen molar-refractivity contribution in [1.82, 2.24) is 10.2 Å². The summed E-state index contributed by atoms with van der Waals surface area (Å²) in [5.74, 6) is 0.134. The maximum atomic E-state index is 13.6. The highest BCUT2D eigenvalue weighted by Gasteiger charge is 2.24. The number of nitrogens with one attached hydrogen (secondary N) is 1. The minimum Gasteiger partial charge on any atom is -0.339 e. The lowest BCUT2D eigenvalue weighted by Crippen LogP contribution is -2.28. The van der Waals surface area contributed by atoms with E-state index in [4.69, 9.17) is 0 Å². The summed E-state index contributed by atoms with van der Waals surface area (Å²) in [6, 6.07) is 4.68. The van der Waals surface area contributed by atoms with Crippen molar-refractivity contribution in [3.8, 4) is 0 Å². The molecule has 1 heterocycles. The molecule has 5 heteroatoms. The fourth-order valence-electron chi connectivity index (χ4n) is 2.40. The fraction of sp³-hybridized carbons (Fsp3) is 0.400. The Morgan fingerprint density at radius 2 is 2.40 bits per heavy atom. The zero-order valence-corrected chi connectivity index (χ0v) is 13.0. The Labute approximate surface area is 127 Å². The van der Waals surface area contributed by atoms with E-state index >= 15 is 0 Å². The average molecular weight is 341 g/mol. The first-order chi connectivity index (χ1) is 9.60. The van der Waals surface area contributed by atoms with Gasteiger partial charge in [-0.25, -0.2) is 4.39 Å². The molecule has 1 N–H and O–H groups in total. The second kappa shape index (κ2) is 6.99. The smallest absolute Gasteiger partial charge is 0.246 e. The van der Waals surface area contributed by atoms with Crippen LogP contribution >= 0.6 is 15.9 Å². The molecule has 0 bridgehead atoms. The third-order valence-corrected chi connectivity index (χ3v) is 3.95. The van der Waals surface area contributed by atoms with Crippen molar-refractivity contribution in [2.45, 2.75) is 6.42 Å². The Bertz CT molecular complexity index is 519. The molecule has 1 aromatic rings. The number of hydrogen-bond donors (Lipinski definition) is 1. The molecule has 1 fully saturated rings. The molecule has 0 saturated carbocycles. The number of rotatable bonds is 4. The van der Waals surface area contributed by atoms with Crippen LogP contribution in [0, 0.1) is 11.7 Å². The van der Waals surface area contributed by atoms with E-state index in [-0.39, 0.29) is 11.7 Å². The van der Waals surface area contributed by atoms with Crippen LogP contribution in [-0.2, 0) is 4.79 Å². The molecule has 1 amide bonds. The van der Waals surface area contributed by atoms with Crippen molar-refractivity contribution in [2.24, 2.45) is 5.92 Å². The Hall–Kier alpha value is -1.20. The molecule has 1 saturated heterocycles. The molecule has 0 spiro atoms. The van der Waals surface area contributed by atoms with Crippen LogP contribution in [0.2, 0.25) is 0 Å². The summed E-state index contributed by atoms with van der Waals surface area (Å²) in [5, 5.41) is 3.13. The van der Waals surface area contributed by atoms with Crippen molar-refractivity contribution >= 4 is 27.9 Å². The lowest BCUT2D eigenvalue weighted by atomic mass is 10.1. The Morgan fingerprint density at radius 1 is 1.60 bits per heavy atom. The van der Waals surface area contributed by atoms with Crippen molar-refractivity contribution in [3.63, 3.8) is 0 Å². The second-order valence-electron chi connectivity index (χ2n) is 5.00. The SMILES string of the molecule is CNCC1CCN(C(=O)/C=C/c2cc(Br)ccc2F)C1. The predicted molar refractivity (Wildman–Crippen MR) is 81.7 cm³/mol. The Balaban J connectivity index is 1.98. The standard InChI is InChI=1S/C15H18BrFN2O/c1-18-9-11-6-7-19(10-11)15(20)5-2-12-8-13(16)3-4-14(12)17/h2-5,8,11,18H,6-7,9-10H2,1H3/b5-2+. The quantitative estimate of drug-likeness (QED) is 0.854. The third-order valence-electron chi connectivity index (χ3n) is 3.45. The number of benzene rings is 1. The molecule has 0 aliphatic carbocycles. The van der Waals surface area contributed by atoms with E-state index in [9.17, 15) is 9.18 Å². The lowest BCUT2D eigenvalue weighted by molar-refractivity contribution is -0.125. The molecule has 0 radical (unpaired) electrons. The van der Waals surface area contributed by atoms with Gasteiger partial charge < -0.3 is 10.2 Å². The highest BCUT2D eigenvalue weighted by Crippen LogP contribution is 2.18. The number of likely N-dealkylation sites (tertiary alicyclic amines) is 1. The number of nitrogens with zero attached hydrogens (tertiary/aromatic N) is 1. The number of carbonyl (C=O) groups is 1. The number of hydrogen-bond acceptors (Lipinski definition) is 2. The molecule has 108 valence electrons. The number of halogens is 2. The molecule has 2 rings (SSSR count). The van der Waals surface area contributed by atoms with E-state index in [0.717, 1.165) is 30.5 Å². The van der Waals surface area contributed by atoms with Crippen LogP contribution in [0.5, 0.6) is 0 Å². The summed E-state index contributed by atoms with van der Waals surface area (Å²) in [7, 11) is 1.92. The summed E-state index contributed by atoms with van der Waals surface area (Å²) < 4.78 is 14.3. The van der Waals surface area contributed by atoms with Crippen molar-refractivity contribution in [2.75, 3.05) is 26.7 Å². The summed E-state index contributed by atoms with van der Waals surface area (Å²) in [6.07, 6.45) is 4.01. The molecule has 3 nitrogen and oxygen atoms in total. The Kier molecular flexibility index (Phi) is 5.31. The minimum absolute atomic E-state index is 0.0528. The third kappa shape index (κ3) is 3.90. The first kappa shape index (κ1) is 15.2. The molecule has 1 aliphatic heterocycles. The van der Waals surface area contributed by atoms with Crippen LogP contribution in [0.3, 0.4) is 0 Å². The topological polar surface area (TPSA) is 32.3 Å². The Morgan fingerprint density at radius 3 is 3.15 bits per heavy atom. The molecular formula is C15H18BrFN2O. The van der Waals surface area contributed by atoms with Crippen LogP contribution in [0.1, 0.15) is 12.0 Å². The van der Waals surface area contributed by atoms with E-state index in [1.165, 1.54) is 18.2 Å². The molecule has 1 aliphatic rings. The van der Waals surface area contributed by atoms with E-state index in [2.05, 4.69) is 21.2 Å². The zero-order chi connectivity index (χ0) is 14.5. The van der Waals surface area contributed by atoms with E-state index in [1.807, 2.05) is 11.9 Å². The lowest BCUT2D eigenvalue weighted by Gasteiger charge is -2.14. The van der Waals surface area contributed by atoms with Gasteiger partial charge >= 0.3 is 0 Å². The van der Waals surface area contributed by atoms with Crippen molar-refractivity contribution < 1.29 is 9.18 Å². The molecule has 1 unspecified atom stereocenters. The predicted octanol–water partition coefficient (Wildman–Crippen LogP) is 2.67. The summed E-state index contributed by atoms with van der Waals surface area (Å²) in [4.78, 5) is 13.9. The maximum absolute atomic E-state index is 13.6. The van der Waals surface area contributed by atoms with Gasteiger partial charge in [-0.3, -0.25) is 4.79 Å². The molecule has 0 aromatic heterocycles. The second-order valence-corrected chi connectivity index (χ2v) is 5.91. The summed E-state index contributed by atoms with van der Waals surface area (Å²) >= 11 is 3.29. The van der Waals surface area contributed by atoms with E-state index in [1.54, 1.807) is 12.1 Å². The van der Waals surface area contributed by atoms with Gasteiger partial charge in [-0.2, -0.15) is 0 Å². The van der Waals surface area contributed by atoms with Crippen LogP contribution in [0.25, 0.3) is 6.08 Å². The van der Waals surface area contributed by atoms with Gasteiger partial charge in [0.1, 0.15) is 5.82 Å². The highest BCUT2D eigenvalue weighted by atomic mass is 79.9. The average Bonchev–Trinajstić information content (AvgIpc) is 2.88. The largest absolute Gasteiger partial charge is 0.339 e. The van der Waals surface area contributed by atoms with Crippen LogP contribution in [0.4, 0.5) is 4.39 Å². The molecule has 1 atom stereocenters. The molecule has 20 heavy (non-hydrogen) atoms. The first-order valence-electron chi connectivity index (χ1n) is 6.67. The number of amides is 1. The summed E-state index contributed by atoms with van der Waals surface area (Å²) in [6.45, 7) is 2.47. The summed E-state index contributed by atoms with van der Waals surface area (Å²) in [5.41, 5.74) is 0.415. The zero-order valence-electron chi connectivity index (χ0n) is 11.4. The van der Waals surface area contributed by atoms with Crippen molar-refractivity contribution in [3.05, 3.63) is 40.1 Å². The van der Waals surface area contributed by atoms with Gasteiger partial charge in [0, 0.05) is 29.2 Å². The maximum Gasteiger partial charge on any atom is 0.246 e. The van der Waals surface area contributed by atoms with Crippen LogP contribution in [-0.4, -0.2) is 37.5 Å². The minimum atomic E-state index is -0.327. The van der Waals surface area contributed by atoms with Gasteiger partial charge in [0.05, 0.1) is 0 Å². The number of carbonyl (C=O) groups excluding carboxylic acids is 1. The molecule has 1 aromatic carbocycles. The van der Waals surface area contributed by atoms with Gasteiger partial charge in [-0.15, -0.1) is 0 Å². The molecular weight excluding hydrogens is 323 g/mol.